The zero-order valence-corrected chi connectivity index (χ0v) is 16.1. The minimum atomic E-state index is -0.923. The molecule has 2 heterocycles. The van der Waals surface area contributed by atoms with Gasteiger partial charge in [-0.2, -0.15) is 0 Å². The fourth-order valence-electron chi connectivity index (χ4n) is 4.71. The van der Waals surface area contributed by atoms with Crippen molar-refractivity contribution in [3.63, 3.8) is 0 Å². The van der Waals surface area contributed by atoms with Crippen LogP contribution in [0.4, 0.5) is 0 Å². The third-order valence-electron chi connectivity index (χ3n) is 6.34. The van der Waals surface area contributed by atoms with E-state index in [0.717, 1.165) is 51.1 Å². The van der Waals surface area contributed by atoms with E-state index in [-0.39, 0.29) is 18.5 Å². The van der Waals surface area contributed by atoms with Crippen LogP contribution < -0.4 is 0 Å². The minimum absolute atomic E-state index is 0.00513. The van der Waals surface area contributed by atoms with E-state index in [0.29, 0.717) is 18.8 Å². The summed E-state index contributed by atoms with van der Waals surface area (Å²) < 4.78 is 6.34. The number of hydrogen-bond acceptors (Lipinski definition) is 4. The largest absolute Gasteiger partial charge is 0.480 e. The zero-order chi connectivity index (χ0) is 18.5. The van der Waals surface area contributed by atoms with Crippen LogP contribution in [-0.2, 0) is 14.3 Å². The summed E-state index contributed by atoms with van der Waals surface area (Å²) in [6.45, 7) is 4.48. The topological polar surface area (TPSA) is 70.1 Å². The molecule has 26 heavy (non-hydrogen) atoms. The second-order valence-electron chi connectivity index (χ2n) is 8.42. The highest BCUT2D eigenvalue weighted by Crippen LogP contribution is 2.29. The summed E-state index contributed by atoms with van der Waals surface area (Å²) >= 11 is 0. The summed E-state index contributed by atoms with van der Waals surface area (Å²) in [6.07, 6.45) is 10.4. The summed E-state index contributed by atoms with van der Waals surface area (Å²) in [6, 6.07) is -0.145. The Bertz CT molecular complexity index is 482. The number of aliphatic carboxylic acids is 1. The van der Waals surface area contributed by atoms with E-state index in [1.165, 1.54) is 30.6 Å². The molecular formula is C20H34N2O4. The normalized spacial score (nSPS) is 32.4. The van der Waals surface area contributed by atoms with Gasteiger partial charge in [-0.05, 0) is 63.7 Å². The first-order chi connectivity index (χ1) is 12.5. The van der Waals surface area contributed by atoms with Gasteiger partial charge in [-0.15, -0.1) is 0 Å². The van der Waals surface area contributed by atoms with Crippen LogP contribution in [0.15, 0.2) is 0 Å². The predicted octanol–water partition coefficient (Wildman–Crippen LogP) is 2.51. The molecule has 1 N–H and O–H groups in total. The van der Waals surface area contributed by atoms with Gasteiger partial charge in [0.15, 0.2) is 0 Å². The number of amides is 1. The Balaban J connectivity index is 1.48. The smallest absolute Gasteiger partial charge is 0.323 e. The lowest BCUT2D eigenvalue weighted by Gasteiger charge is -2.39. The van der Waals surface area contributed by atoms with E-state index >= 15 is 0 Å². The molecule has 1 saturated carbocycles. The lowest BCUT2D eigenvalue weighted by molar-refractivity contribution is -0.147. The van der Waals surface area contributed by atoms with Crippen LogP contribution in [0.3, 0.4) is 0 Å². The SMILES string of the molecule is CC1CCC(OC2CCN(C3CCCCN(CC(=O)O)C3=O)CC2)CC1. The summed E-state index contributed by atoms with van der Waals surface area (Å²) in [5, 5.41) is 9.05. The standard InChI is InChI=1S/C20H34N2O4/c1-15-5-7-16(8-6-15)26-17-9-12-21(13-10-17)18-4-2-3-11-22(20(18)25)14-19(23)24/h15-18H,2-14H2,1H3,(H,23,24). The second-order valence-corrected chi connectivity index (χ2v) is 8.42. The Morgan fingerprint density at radius 2 is 1.65 bits per heavy atom. The maximum atomic E-state index is 12.8. The molecule has 0 aromatic rings. The van der Waals surface area contributed by atoms with Gasteiger partial charge in [-0.1, -0.05) is 6.92 Å². The van der Waals surface area contributed by atoms with Crippen molar-refractivity contribution in [1.82, 2.24) is 9.80 Å². The van der Waals surface area contributed by atoms with E-state index in [9.17, 15) is 9.59 Å². The molecule has 0 radical (unpaired) electrons. The lowest BCUT2D eigenvalue weighted by Crippen LogP contribution is -2.52. The second kappa shape index (κ2) is 9.18. The van der Waals surface area contributed by atoms with Crippen LogP contribution in [0.5, 0.6) is 0 Å². The molecule has 3 fully saturated rings. The number of carbonyl (C=O) groups is 2. The molecule has 6 heteroatoms. The summed E-state index contributed by atoms with van der Waals surface area (Å²) in [5.74, 6) is -0.0786. The van der Waals surface area contributed by atoms with Crippen LogP contribution in [-0.4, -0.2) is 71.2 Å². The average molecular weight is 367 g/mol. The first-order valence-corrected chi connectivity index (χ1v) is 10.4. The number of hydrogen-bond donors (Lipinski definition) is 1. The third kappa shape index (κ3) is 5.19. The van der Waals surface area contributed by atoms with Crippen molar-refractivity contribution >= 4 is 11.9 Å². The summed E-state index contributed by atoms with van der Waals surface area (Å²) in [7, 11) is 0. The van der Waals surface area contributed by atoms with Crippen molar-refractivity contribution in [3.05, 3.63) is 0 Å². The minimum Gasteiger partial charge on any atom is -0.480 e. The zero-order valence-electron chi connectivity index (χ0n) is 16.1. The van der Waals surface area contributed by atoms with Gasteiger partial charge < -0.3 is 14.7 Å². The molecular weight excluding hydrogens is 332 g/mol. The number of likely N-dealkylation sites (tertiary alicyclic amines) is 2. The Morgan fingerprint density at radius 3 is 2.31 bits per heavy atom. The van der Waals surface area contributed by atoms with Gasteiger partial charge in [0.2, 0.25) is 5.91 Å². The fourth-order valence-corrected chi connectivity index (χ4v) is 4.71. The van der Waals surface area contributed by atoms with E-state index in [1.54, 1.807) is 0 Å². The van der Waals surface area contributed by atoms with Crippen molar-refractivity contribution in [2.45, 2.75) is 83.0 Å². The van der Waals surface area contributed by atoms with Gasteiger partial charge in [0.25, 0.3) is 0 Å². The van der Waals surface area contributed by atoms with Gasteiger partial charge in [-0.3, -0.25) is 14.5 Å². The molecule has 3 aliphatic rings. The molecule has 2 saturated heterocycles. The van der Waals surface area contributed by atoms with Crippen LogP contribution in [0.1, 0.15) is 64.7 Å². The lowest BCUT2D eigenvalue weighted by atomic mass is 9.88. The molecule has 1 unspecified atom stereocenters. The van der Waals surface area contributed by atoms with Crippen LogP contribution in [0, 0.1) is 5.92 Å². The van der Waals surface area contributed by atoms with Crippen molar-refractivity contribution < 1.29 is 19.4 Å². The Kier molecular flexibility index (Phi) is 6.92. The molecule has 1 aliphatic carbocycles. The molecule has 0 spiro atoms. The number of ether oxygens (including phenoxy) is 1. The fraction of sp³-hybridized carbons (Fsp3) is 0.900. The Hall–Kier alpha value is -1.14. The average Bonchev–Trinajstić information content (AvgIpc) is 2.80. The summed E-state index contributed by atoms with van der Waals surface area (Å²) in [4.78, 5) is 27.6. The first kappa shape index (κ1) is 19.6. The maximum absolute atomic E-state index is 12.8. The van der Waals surface area contributed by atoms with Crippen LogP contribution in [0.25, 0.3) is 0 Å². The maximum Gasteiger partial charge on any atom is 0.323 e. The molecule has 1 atom stereocenters. The van der Waals surface area contributed by atoms with Crippen molar-refractivity contribution in [3.8, 4) is 0 Å². The molecule has 6 nitrogen and oxygen atoms in total. The number of nitrogens with zero attached hydrogens (tertiary/aromatic N) is 2. The molecule has 0 aromatic carbocycles. The number of rotatable bonds is 5. The number of carboxylic acids is 1. The van der Waals surface area contributed by atoms with E-state index in [4.69, 9.17) is 9.84 Å². The van der Waals surface area contributed by atoms with Gasteiger partial charge in [0, 0.05) is 19.6 Å². The van der Waals surface area contributed by atoms with Gasteiger partial charge in [-0.25, -0.2) is 0 Å². The van der Waals surface area contributed by atoms with Gasteiger partial charge in [0.1, 0.15) is 6.54 Å². The van der Waals surface area contributed by atoms with Crippen LogP contribution in [0.2, 0.25) is 0 Å². The highest BCUT2D eigenvalue weighted by molar-refractivity contribution is 5.85. The first-order valence-electron chi connectivity index (χ1n) is 10.4. The number of piperidine rings is 1. The third-order valence-corrected chi connectivity index (χ3v) is 6.34. The molecule has 1 amide bonds. The van der Waals surface area contributed by atoms with Gasteiger partial charge in [0.05, 0.1) is 18.2 Å². The molecule has 0 bridgehead atoms. The molecule has 3 rings (SSSR count). The molecule has 148 valence electrons. The highest BCUT2D eigenvalue weighted by atomic mass is 16.5. The van der Waals surface area contributed by atoms with Crippen LogP contribution >= 0.6 is 0 Å². The highest BCUT2D eigenvalue weighted by Gasteiger charge is 2.35. The number of carboxylic acid groups (broad SMARTS) is 1. The van der Waals surface area contributed by atoms with Crippen molar-refractivity contribution in [2.24, 2.45) is 5.92 Å². The van der Waals surface area contributed by atoms with Crippen molar-refractivity contribution in [1.29, 1.82) is 0 Å². The Labute approximate surface area is 156 Å². The van der Waals surface area contributed by atoms with E-state index in [2.05, 4.69) is 11.8 Å². The van der Waals surface area contributed by atoms with Gasteiger partial charge >= 0.3 is 5.97 Å². The molecule has 0 aromatic heterocycles. The number of carbonyl (C=O) groups excluding carboxylic acids is 1. The summed E-state index contributed by atoms with van der Waals surface area (Å²) in [5.41, 5.74) is 0. The van der Waals surface area contributed by atoms with Crippen molar-refractivity contribution in [2.75, 3.05) is 26.2 Å². The van der Waals surface area contributed by atoms with E-state index < -0.39 is 5.97 Å². The monoisotopic (exact) mass is 366 g/mol. The van der Waals surface area contributed by atoms with E-state index in [1.807, 2.05) is 0 Å². The quantitative estimate of drug-likeness (QED) is 0.810. The molecule has 2 aliphatic heterocycles. The predicted molar refractivity (Wildman–Crippen MR) is 99.0 cm³/mol. The Morgan fingerprint density at radius 1 is 1.00 bits per heavy atom.